The molecule has 3 rings (SSSR count). The Morgan fingerprint density at radius 3 is 1.49 bits per heavy atom. The molecule has 0 aliphatic carbocycles. The van der Waals surface area contributed by atoms with E-state index in [0.717, 1.165) is 30.4 Å². The van der Waals surface area contributed by atoms with Crippen molar-refractivity contribution < 1.29 is 38.7 Å². The molecule has 3 aromatic rings. The van der Waals surface area contributed by atoms with Gasteiger partial charge in [-0.25, -0.2) is 9.59 Å². The maximum absolute atomic E-state index is 11.7. The number of benzene rings is 3. The zero-order valence-electron chi connectivity index (χ0n) is 26.1. The molecule has 0 aliphatic rings. The Labute approximate surface area is 265 Å². The van der Waals surface area contributed by atoms with Crippen LogP contribution in [0.5, 0.6) is 11.5 Å². The van der Waals surface area contributed by atoms with Crippen LogP contribution in [0.3, 0.4) is 0 Å². The molecule has 0 saturated heterocycles. The van der Waals surface area contributed by atoms with Gasteiger partial charge in [0.1, 0.15) is 37.9 Å². The molecule has 0 heterocycles. The van der Waals surface area contributed by atoms with Crippen molar-refractivity contribution in [3.8, 4) is 22.6 Å². The summed E-state index contributed by atoms with van der Waals surface area (Å²) in [5, 5.41) is 18.0. The van der Waals surface area contributed by atoms with Crippen LogP contribution < -0.4 is 9.47 Å². The normalized spacial score (nSPS) is 10.6. The van der Waals surface area contributed by atoms with Gasteiger partial charge in [0.2, 0.25) is 0 Å². The van der Waals surface area contributed by atoms with Crippen LogP contribution in [0.15, 0.2) is 91.0 Å². The highest BCUT2D eigenvalue weighted by Gasteiger charge is 2.11. The Balaban J connectivity index is 1.64. The fourth-order valence-electron chi connectivity index (χ4n) is 4.43. The van der Waals surface area contributed by atoms with E-state index in [1.807, 2.05) is 12.1 Å². The summed E-state index contributed by atoms with van der Waals surface area (Å²) >= 11 is 0. The van der Waals surface area contributed by atoms with E-state index in [4.69, 9.17) is 29.2 Å². The number of esters is 2. The summed E-state index contributed by atoms with van der Waals surface area (Å²) in [6, 6.07) is 22.7. The van der Waals surface area contributed by atoms with Gasteiger partial charge in [0.05, 0.1) is 24.4 Å². The van der Waals surface area contributed by atoms with Crippen LogP contribution in [-0.2, 0) is 38.3 Å². The number of carbonyl (C=O) groups is 2. The van der Waals surface area contributed by atoms with Crippen LogP contribution >= 0.6 is 0 Å². The number of hydrogen-bond acceptors (Lipinski definition) is 8. The van der Waals surface area contributed by atoms with Crippen molar-refractivity contribution in [2.24, 2.45) is 0 Å². The van der Waals surface area contributed by atoms with Gasteiger partial charge < -0.3 is 29.2 Å². The van der Waals surface area contributed by atoms with Crippen LogP contribution in [0, 0.1) is 0 Å². The summed E-state index contributed by atoms with van der Waals surface area (Å²) in [4.78, 5) is 23.5. The molecule has 3 aromatic carbocycles. The van der Waals surface area contributed by atoms with Gasteiger partial charge in [-0.1, -0.05) is 81.5 Å². The van der Waals surface area contributed by atoms with Gasteiger partial charge in [0.15, 0.2) is 0 Å². The van der Waals surface area contributed by atoms with Crippen LogP contribution in [0.4, 0.5) is 0 Å². The molecular weight excluding hydrogens is 572 g/mol. The van der Waals surface area contributed by atoms with Gasteiger partial charge in [-0.05, 0) is 65.6 Å². The van der Waals surface area contributed by atoms with Crippen molar-refractivity contribution in [1.82, 2.24) is 0 Å². The van der Waals surface area contributed by atoms with Gasteiger partial charge >= 0.3 is 11.9 Å². The molecule has 0 bridgehead atoms. The minimum atomic E-state index is -0.684. The maximum atomic E-state index is 11.7. The van der Waals surface area contributed by atoms with Crippen molar-refractivity contribution in [2.45, 2.75) is 45.4 Å². The van der Waals surface area contributed by atoms with Gasteiger partial charge in [-0.2, -0.15) is 0 Å². The van der Waals surface area contributed by atoms with Crippen molar-refractivity contribution >= 4 is 11.9 Å². The second kappa shape index (κ2) is 19.1. The number of hydrogen-bond donors (Lipinski definition) is 2. The molecule has 240 valence electrons. The first kappa shape index (κ1) is 35.1. The quantitative estimate of drug-likeness (QED) is 0.0930. The van der Waals surface area contributed by atoms with Crippen LogP contribution in [-0.4, -0.2) is 61.8 Å². The molecule has 0 unspecified atom stereocenters. The molecule has 0 amide bonds. The van der Waals surface area contributed by atoms with Crippen LogP contribution in [0.2, 0.25) is 0 Å². The average Bonchev–Trinajstić information content (AvgIpc) is 3.07. The zero-order valence-corrected chi connectivity index (χ0v) is 26.1. The van der Waals surface area contributed by atoms with Crippen molar-refractivity contribution in [3.05, 3.63) is 108 Å². The third-order valence-electron chi connectivity index (χ3n) is 7.09. The van der Waals surface area contributed by atoms with Gasteiger partial charge in [-0.15, -0.1) is 0 Å². The summed E-state index contributed by atoms with van der Waals surface area (Å²) in [7, 11) is 0. The van der Waals surface area contributed by atoms with Gasteiger partial charge in [-0.3, -0.25) is 0 Å². The van der Waals surface area contributed by atoms with Crippen LogP contribution in [0.25, 0.3) is 11.1 Å². The largest absolute Gasteiger partial charge is 0.490 e. The van der Waals surface area contributed by atoms with E-state index in [-0.39, 0.29) is 37.6 Å². The van der Waals surface area contributed by atoms with E-state index in [1.54, 1.807) is 6.07 Å². The highest BCUT2D eigenvalue weighted by atomic mass is 16.6. The van der Waals surface area contributed by atoms with Crippen molar-refractivity contribution in [2.75, 3.05) is 39.6 Å². The van der Waals surface area contributed by atoms with E-state index < -0.39 is 25.2 Å². The SMILES string of the molecule is C=C(CO)C(=O)OCCOc1cc(OCCOC(=O)C(=C)CO)cc(-c2ccc(CCc3ccc(CCCCC)cc3)cc2)c1. The maximum Gasteiger partial charge on any atom is 0.335 e. The van der Waals surface area contributed by atoms with E-state index in [9.17, 15) is 9.59 Å². The standard InChI is InChI=1S/C37H44O8/c1-4-5-6-7-29-8-10-30(11-9-29)12-13-31-14-16-32(17-15-31)33-22-34(42-18-20-44-36(40)27(2)25-38)24-35(23-33)43-19-21-45-37(41)28(3)26-39/h8-11,14-17,22-24,38-39H,2-7,12-13,18-21,25-26H2,1H3. The summed E-state index contributed by atoms with van der Waals surface area (Å²) in [5.41, 5.74) is 5.69. The fourth-order valence-corrected chi connectivity index (χ4v) is 4.43. The van der Waals surface area contributed by atoms with Gasteiger partial charge in [0.25, 0.3) is 0 Å². The lowest BCUT2D eigenvalue weighted by Crippen LogP contribution is -2.15. The number of carbonyl (C=O) groups excluding carboxylic acids is 2. The van der Waals surface area contributed by atoms with E-state index in [1.165, 1.54) is 36.0 Å². The first-order chi connectivity index (χ1) is 21.8. The monoisotopic (exact) mass is 616 g/mol. The Hall–Kier alpha value is -4.40. The molecular formula is C37H44O8. The summed E-state index contributed by atoms with van der Waals surface area (Å²) in [5.74, 6) is -0.381. The van der Waals surface area contributed by atoms with E-state index >= 15 is 0 Å². The molecule has 0 fully saturated rings. The third kappa shape index (κ3) is 12.3. The highest BCUT2D eigenvalue weighted by molar-refractivity contribution is 5.88. The fraction of sp³-hybridized carbons (Fsp3) is 0.351. The summed E-state index contributed by atoms with van der Waals surface area (Å²) in [6.45, 7) is 8.26. The van der Waals surface area contributed by atoms with Crippen molar-refractivity contribution in [1.29, 1.82) is 0 Å². The van der Waals surface area contributed by atoms with Crippen LogP contribution in [0.1, 0.15) is 42.9 Å². The first-order valence-electron chi connectivity index (χ1n) is 15.3. The Morgan fingerprint density at radius 2 is 1.04 bits per heavy atom. The molecule has 0 saturated carbocycles. The predicted molar refractivity (Wildman–Crippen MR) is 174 cm³/mol. The van der Waals surface area contributed by atoms with E-state index in [2.05, 4.69) is 68.6 Å². The van der Waals surface area contributed by atoms with Gasteiger partial charge in [0, 0.05) is 6.07 Å². The highest BCUT2D eigenvalue weighted by Crippen LogP contribution is 2.30. The molecule has 8 heteroatoms. The minimum absolute atomic E-state index is 0.0285. The molecule has 0 aromatic heterocycles. The Kier molecular flexibility index (Phi) is 14.9. The Morgan fingerprint density at radius 1 is 0.600 bits per heavy atom. The predicted octanol–water partition coefficient (Wildman–Crippen LogP) is 5.81. The lowest BCUT2D eigenvalue weighted by atomic mass is 9.99. The topological polar surface area (TPSA) is 112 Å². The third-order valence-corrected chi connectivity index (χ3v) is 7.09. The number of ether oxygens (including phenoxy) is 4. The Bertz CT molecular complexity index is 1340. The summed E-state index contributed by atoms with van der Waals surface area (Å²) < 4.78 is 21.8. The molecule has 0 atom stereocenters. The number of aliphatic hydroxyl groups excluding tert-OH is 2. The van der Waals surface area contributed by atoms with E-state index in [0.29, 0.717) is 11.5 Å². The number of aliphatic hydroxyl groups is 2. The zero-order chi connectivity index (χ0) is 32.4. The first-order valence-corrected chi connectivity index (χ1v) is 15.3. The molecule has 2 N–H and O–H groups in total. The summed E-state index contributed by atoms with van der Waals surface area (Å²) in [6.07, 6.45) is 6.76. The number of unbranched alkanes of at least 4 members (excludes halogenated alkanes) is 2. The molecule has 8 nitrogen and oxygen atoms in total. The number of rotatable bonds is 20. The molecule has 0 aliphatic heterocycles. The van der Waals surface area contributed by atoms with Crippen molar-refractivity contribution in [3.63, 3.8) is 0 Å². The molecule has 45 heavy (non-hydrogen) atoms. The number of aryl methyl sites for hydroxylation is 3. The molecule has 0 radical (unpaired) electrons. The second-order valence-electron chi connectivity index (χ2n) is 10.7. The minimum Gasteiger partial charge on any atom is -0.490 e. The lowest BCUT2D eigenvalue weighted by Gasteiger charge is -2.14. The lowest BCUT2D eigenvalue weighted by molar-refractivity contribution is -0.141. The second-order valence-corrected chi connectivity index (χ2v) is 10.7. The average molecular weight is 617 g/mol. The smallest absolute Gasteiger partial charge is 0.335 e. The molecule has 0 spiro atoms.